The first kappa shape index (κ1) is 28.4. The SMILES string of the molecule is C=CCOC(=O)NCc1ccc([C@@H]2O[C@H](CSc3ccc(C(=O)O)cc3)C[C@H](c3ccc(CO)cc3)O2)cc1. The van der Waals surface area contributed by atoms with Crippen molar-refractivity contribution in [3.05, 3.63) is 113 Å². The Morgan fingerprint density at radius 2 is 1.64 bits per heavy atom. The van der Waals surface area contributed by atoms with E-state index in [1.54, 1.807) is 36.0 Å². The van der Waals surface area contributed by atoms with Crippen LogP contribution in [0.5, 0.6) is 0 Å². The van der Waals surface area contributed by atoms with Crippen molar-refractivity contribution in [2.75, 3.05) is 12.4 Å². The van der Waals surface area contributed by atoms with Gasteiger partial charge in [-0.05, 0) is 41.0 Å². The van der Waals surface area contributed by atoms with Gasteiger partial charge in [-0.25, -0.2) is 9.59 Å². The maximum Gasteiger partial charge on any atom is 0.407 e. The van der Waals surface area contributed by atoms with Crippen LogP contribution in [0.25, 0.3) is 0 Å². The number of thioether (sulfide) groups is 1. The lowest BCUT2D eigenvalue weighted by Gasteiger charge is -2.36. The van der Waals surface area contributed by atoms with E-state index in [2.05, 4.69) is 11.9 Å². The highest BCUT2D eigenvalue weighted by Gasteiger charge is 2.32. The third-order valence-corrected chi connectivity index (χ3v) is 7.32. The van der Waals surface area contributed by atoms with Crippen molar-refractivity contribution >= 4 is 23.8 Å². The number of rotatable bonds is 11. The van der Waals surface area contributed by atoms with Crippen molar-refractivity contribution in [3.63, 3.8) is 0 Å². The molecular formula is C30H31NO7S. The van der Waals surface area contributed by atoms with Gasteiger partial charge in [-0.2, -0.15) is 0 Å². The molecule has 3 N–H and O–H groups in total. The van der Waals surface area contributed by atoms with Crippen LogP contribution in [0.4, 0.5) is 4.79 Å². The Hall–Kier alpha value is -3.63. The molecule has 0 saturated carbocycles. The average Bonchev–Trinajstić information content (AvgIpc) is 2.98. The lowest BCUT2D eigenvalue weighted by Crippen LogP contribution is -2.31. The second-order valence-electron chi connectivity index (χ2n) is 8.97. The number of carboxylic acid groups (broad SMARTS) is 1. The fourth-order valence-corrected chi connectivity index (χ4v) is 4.98. The Balaban J connectivity index is 1.45. The van der Waals surface area contributed by atoms with E-state index < -0.39 is 18.4 Å². The Bertz CT molecular complexity index is 1250. The number of carbonyl (C=O) groups is 2. The maximum absolute atomic E-state index is 11.7. The maximum atomic E-state index is 11.7. The average molecular weight is 550 g/mol. The number of amides is 1. The number of carbonyl (C=O) groups excluding carboxylic acids is 1. The van der Waals surface area contributed by atoms with E-state index in [1.807, 2.05) is 48.5 Å². The van der Waals surface area contributed by atoms with Gasteiger partial charge in [-0.15, -0.1) is 11.8 Å². The van der Waals surface area contributed by atoms with Gasteiger partial charge < -0.3 is 29.7 Å². The predicted molar refractivity (Wildman–Crippen MR) is 147 cm³/mol. The lowest BCUT2D eigenvalue weighted by molar-refractivity contribution is -0.245. The van der Waals surface area contributed by atoms with E-state index >= 15 is 0 Å². The van der Waals surface area contributed by atoms with Crippen LogP contribution < -0.4 is 5.32 Å². The summed E-state index contributed by atoms with van der Waals surface area (Å²) in [6.45, 7) is 3.97. The number of nitrogens with one attached hydrogen (secondary N) is 1. The zero-order valence-corrected chi connectivity index (χ0v) is 22.1. The van der Waals surface area contributed by atoms with Crippen molar-refractivity contribution in [2.24, 2.45) is 0 Å². The van der Waals surface area contributed by atoms with E-state index in [1.165, 1.54) is 6.08 Å². The number of benzene rings is 3. The molecule has 1 fully saturated rings. The summed E-state index contributed by atoms with van der Waals surface area (Å²) in [4.78, 5) is 23.8. The summed E-state index contributed by atoms with van der Waals surface area (Å²) in [7, 11) is 0. The number of alkyl carbamates (subject to hydrolysis) is 1. The van der Waals surface area contributed by atoms with Crippen LogP contribution in [0.15, 0.2) is 90.3 Å². The van der Waals surface area contributed by atoms with Crippen LogP contribution in [-0.2, 0) is 27.4 Å². The van der Waals surface area contributed by atoms with E-state index in [0.29, 0.717) is 18.7 Å². The van der Waals surface area contributed by atoms with E-state index in [4.69, 9.17) is 19.3 Å². The molecule has 0 bridgehead atoms. The molecule has 1 heterocycles. The molecule has 4 rings (SSSR count). The number of aliphatic hydroxyl groups excluding tert-OH is 1. The van der Waals surface area contributed by atoms with Gasteiger partial charge in [0.1, 0.15) is 6.61 Å². The van der Waals surface area contributed by atoms with E-state index in [-0.39, 0.29) is 31.0 Å². The summed E-state index contributed by atoms with van der Waals surface area (Å²) in [5.74, 6) is -0.293. The summed E-state index contributed by atoms with van der Waals surface area (Å²) in [6, 6.07) is 22.2. The number of aliphatic hydroxyl groups is 1. The third-order valence-electron chi connectivity index (χ3n) is 6.17. The predicted octanol–water partition coefficient (Wildman–Crippen LogP) is 5.63. The second kappa shape index (κ2) is 14.0. The summed E-state index contributed by atoms with van der Waals surface area (Å²) in [5, 5.41) is 21.2. The third kappa shape index (κ3) is 8.18. The second-order valence-corrected chi connectivity index (χ2v) is 10.1. The van der Waals surface area contributed by atoms with Gasteiger partial charge in [-0.3, -0.25) is 0 Å². The van der Waals surface area contributed by atoms with Crippen molar-refractivity contribution in [1.82, 2.24) is 5.32 Å². The minimum atomic E-state index is -0.952. The fraction of sp³-hybridized carbons (Fsp3) is 0.267. The Kier molecular flexibility index (Phi) is 10.2. The highest BCUT2D eigenvalue weighted by Crippen LogP contribution is 2.39. The minimum Gasteiger partial charge on any atom is -0.478 e. The molecule has 0 aromatic heterocycles. The first-order valence-corrected chi connectivity index (χ1v) is 13.5. The molecule has 3 aromatic rings. The molecule has 0 radical (unpaired) electrons. The van der Waals surface area contributed by atoms with Crippen LogP contribution in [0.2, 0.25) is 0 Å². The van der Waals surface area contributed by atoms with E-state index in [0.717, 1.165) is 27.1 Å². The summed E-state index contributed by atoms with van der Waals surface area (Å²) in [5.41, 5.74) is 3.83. The standard InChI is InChI=1S/C30H31NO7S/c1-2-15-36-30(35)31-17-20-3-9-24(10-4-20)29-37-25(19-39-26-13-11-23(12-14-26)28(33)34)16-27(38-29)22-7-5-21(18-32)6-8-22/h2-14,25,27,29,32H,1,15-19H2,(H,31,35)(H,33,34)/t25-,27+,29+/m0/s1. The largest absolute Gasteiger partial charge is 0.478 e. The summed E-state index contributed by atoms with van der Waals surface area (Å²) in [6.07, 6.45) is 0.707. The van der Waals surface area contributed by atoms with Gasteiger partial charge in [0.2, 0.25) is 0 Å². The zero-order chi connectivity index (χ0) is 27.6. The molecule has 9 heteroatoms. The molecule has 0 spiro atoms. The number of carboxylic acids is 1. The zero-order valence-electron chi connectivity index (χ0n) is 21.3. The molecule has 1 saturated heterocycles. The molecule has 1 amide bonds. The molecule has 3 atom stereocenters. The van der Waals surface area contributed by atoms with Crippen LogP contribution in [0, 0.1) is 0 Å². The van der Waals surface area contributed by atoms with E-state index in [9.17, 15) is 14.7 Å². The smallest absolute Gasteiger partial charge is 0.407 e. The normalized spacial score (nSPS) is 18.7. The molecule has 0 aliphatic carbocycles. The van der Waals surface area contributed by atoms with Crippen LogP contribution in [-0.4, -0.2) is 40.7 Å². The Morgan fingerprint density at radius 1 is 0.974 bits per heavy atom. The van der Waals surface area contributed by atoms with Gasteiger partial charge >= 0.3 is 12.1 Å². The summed E-state index contributed by atoms with van der Waals surface area (Å²) >= 11 is 1.60. The van der Waals surface area contributed by atoms with Crippen molar-refractivity contribution in [2.45, 2.75) is 43.0 Å². The van der Waals surface area contributed by atoms with Crippen LogP contribution >= 0.6 is 11.8 Å². The topological polar surface area (TPSA) is 114 Å². The van der Waals surface area contributed by atoms with Gasteiger partial charge in [-0.1, -0.05) is 61.2 Å². The molecular weight excluding hydrogens is 518 g/mol. The van der Waals surface area contributed by atoms with Crippen LogP contribution in [0.1, 0.15) is 51.4 Å². The van der Waals surface area contributed by atoms with Crippen molar-refractivity contribution in [1.29, 1.82) is 0 Å². The van der Waals surface area contributed by atoms with Gasteiger partial charge in [0.25, 0.3) is 0 Å². The van der Waals surface area contributed by atoms with Gasteiger partial charge in [0.05, 0.1) is 24.4 Å². The molecule has 1 aliphatic heterocycles. The number of aromatic carboxylic acids is 1. The summed E-state index contributed by atoms with van der Waals surface area (Å²) < 4.78 is 17.7. The molecule has 8 nitrogen and oxygen atoms in total. The van der Waals surface area contributed by atoms with Crippen molar-refractivity contribution in [3.8, 4) is 0 Å². The molecule has 39 heavy (non-hydrogen) atoms. The van der Waals surface area contributed by atoms with Gasteiger partial charge in [0, 0.05) is 29.2 Å². The quantitative estimate of drug-likeness (QED) is 0.208. The lowest BCUT2D eigenvalue weighted by atomic mass is 10.0. The van der Waals surface area contributed by atoms with Gasteiger partial charge in [0.15, 0.2) is 6.29 Å². The number of hydrogen-bond donors (Lipinski definition) is 3. The minimum absolute atomic E-state index is 0.0232. The first-order chi connectivity index (χ1) is 18.9. The Morgan fingerprint density at radius 3 is 2.28 bits per heavy atom. The highest BCUT2D eigenvalue weighted by atomic mass is 32.2. The fourth-order valence-electron chi connectivity index (χ4n) is 4.06. The monoisotopic (exact) mass is 549 g/mol. The first-order valence-electron chi connectivity index (χ1n) is 12.5. The number of hydrogen-bond acceptors (Lipinski definition) is 7. The van der Waals surface area contributed by atoms with Crippen molar-refractivity contribution < 1.29 is 34.0 Å². The Labute approximate surface area is 231 Å². The molecule has 204 valence electrons. The molecule has 0 unspecified atom stereocenters. The van der Waals surface area contributed by atoms with Crippen LogP contribution in [0.3, 0.4) is 0 Å². The molecule has 1 aliphatic rings. The number of ether oxygens (including phenoxy) is 3. The highest BCUT2D eigenvalue weighted by molar-refractivity contribution is 7.99. The molecule has 3 aromatic carbocycles.